The Labute approximate surface area is 110 Å². The molecule has 0 bridgehead atoms. The Morgan fingerprint density at radius 1 is 1.00 bits per heavy atom. The lowest BCUT2D eigenvalue weighted by Gasteiger charge is -1.90. The molecular weight excluding hydrogens is 388 g/mol. The van der Waals surface area contributed by atoms with Gasteiger partial charge in [-0.1, -0.05) is 0 Å². The van der Waals surface area contributed by atoms with Crippen molar-refractivity contribution in [3.8, 4) is 0 Å². The Balaban J connectivity index is 0.000000437. The van der Waals surface area contributed by atoms with Gasteiger partial charge in [-0.25, -0.2) is 8.42 Å². The highest BCUT2D eigenvalue weighted by atomic mass is 79.9. The first-order chi connectivity index (χ1) is 7.61. The first kappa shape index (κ1) is 15.9. The zero-order valence-electron chi connectivity index (χ0n) is 7.82. The van der Waals surface area contributed by atoms with Crippen LogP contribution in [-0.2, 0) is 6.70 Å². The Morgan fingerprint density at radius 3 is 1.53 bits per heavy atom. The van der Waals surface area contributed by atoms with Crippen molar-refractivity contribution >= 4 is 47.7 Å². The van der Waals surface area contributed by atoms with Gasteiger partial charge in [-0.15, -0.1) is 0 Å². The fourth-order valence-electron chi connectivity index (χ4n) is 0.720. The van der Waals surface area contributed by atoms with Crippen molar-refractivity contribution in [1.82, 2.24) is 0 Å². The second-order valence-electron chi connectivity index (χ2n) is 2.41. The lowest BCUT2D eigenvalue weighted by molar-refractivity contribution is -0.394. The molecule has 94 valence electrons. The fourth-order valence-corrected chi connectivity index (χ4v) is 0.720. The number of hydrogen-bond acceptors (Lipinski definition) is 6. The number of hydrogen-bond donors (Lipinski definition) is 0. The van der Waals surface area contributed by atoms with E-state index in [1.165, 1.54) is 18.2 Å². The first-order valence-electron chi connectivity index (χ1n) is 3.64. The van der Waals surface area contributed by atoms with Crippen molar-refractivity contribution in [3.05, 3.63) is 44.5 Å². The van der Waals surface area contributed by atoms with Crippen LogP contribution in [0.2, 0.25) is 0 Å². The Morgan fingerprint density at radius 2 is 1.29 bits per heavy atom. The molecule has 8 nitrogen and oxygen atoms in total. The summed E-state index contributed by atoms with van der Waals surface area (Å²) in [6.07, 6.45) is 0. The average molecular weight is 392 g/mol. The van der Waals surface area contributed by atoms with Crippen LogP contribution in [0.15, 0.2) is 24.3 Å². The Hall–Kier alpha value is -1.07. The van der Waals surface area contributed by atoms with Crippen LogP contribution in [0.5, 0.6) is 0 Å². The van der Waals surface area contributed by atoms with Gasteiger partial charge in [-0.3, -0.25) is 20.2 Å². The summed E-state index contributed by atoms with van der Waals surface area (Å²) in [6, 6.07) is 4.59. The molecule has 0 spiro atoms. The van der Waals surface area contributed by atoms with Crippen molar-refractivity contribution in [1.29, 1.82) is 0 Å². The molecule has 1 rings (SSSR count). The van der Waals surface area contributed by atoms with E-state index in [1.807, 2.05) is 0 Å². The van der Waals surface area contributed by atoms with Crippen LogP contribution < -0.4 is 0 Å². The smallest absolute Gasteiger partial charge is 0.258 e. The van der Waals surface area contributed by atoms with E-state index in [9.17, 15) is 28.6 Å². The Bertz CT molecular complexity index is 494. The van der Waals surface area contributed by atoms with Crippen molar-refractivity contribution in [2.24, 2.45) is 0 Å². The van der Waals surface area contributed by atoms with Crippen LogP contribution in [0.4, 0.5) is 11.4 Å². The maximum Gasteiger partial charge on any atom is 0.276 e. The second kappa shape index (κ2) is 6.61. The summed E-state index contributed by atoms with van der Waals surface area (Å²) in [5.41, 5.74) is -0.548. The number of nitro groups is 2. The summed E-state index contributed by atoms with van der Waals surface area (Å²) < 4.78 is 18.9. The number of rotatable bonds is 2. The number of non-ortho nitro benzene ring substituents is 2. The summed E-state index contributed by atoms with van der Waals surface area (Å²) in [6.45, 7) is -3.04. The van der Waals surface area contributed by atoms with Gasteiger partial charge in [0.2, 0.25) is 0 Å². The summed E-state index contributed by atoms with van der Waals surface area (Å²) in [5.74, 6) is 0. The van der Waals surface area contributed by atoms with Crippen LogP contribution in [0.25, 0.3) is 0 Å². The van der Waals surface area contributed by atoms with Gasteiger partial charge >= 0.3 is 0 Å². The lowest BCUT2D eigenvalue weighted by atomic mass is 10.3. The molecule has 0 saturated heterocycles. The fraction of sp³-hybridized carbons (Fsp3) is 0. The summed E-state index contributed by atoms with van der Waals surface area (Å²) in [7, 11) is 0. The third-order valence-corrected chi connectivity index (χ3v) is 1.25. The molecule has 0 saturated carbocycles. The molecule has 0 N–H and O–H groups in total. The zero-order valence-corrected chi connectivity index (χ0v) is 11.8. The van der Waals surface area contributed by atoms with E-state index in [-0.39, 0.29) is 11.4 Å². The molecule has 0 aromatic heterocycles. The van der Waals surface area contributed by atoms with Crippen molar-refractivity contribution in [2.45, 2.75) is 0 Å². The maximum atomic E-state index is 10.2. The standard InChI is InChI=1S/C6H4N2O4.Br2O2S/c9-7(10)5-2-1-3-6(4-5)8(11)12;1-5(2,3)4/h1-4H;. The van der Waals surface area contributed by atoms with E-state index in [1.54, 1.807) is 0 Å². The molecule has 0 aliphatic heterocycles. The molecule has 1 aromatic rings. The molecule has 17 heavy (non-hydrogen) atoms. The highest BCUT2D eigenvalue weighted by Gasteiger charge is 2.11. The van der Waals surface area contributed by atoms with Gasteiger partial charge in [0.15, 0.2) is 0 Å². The van der Waals surface area contributed by atoms with Gasteiger partial charge in [-0.05, 0) is 6.07 Å². The zero-order chi connectivity index (χ0) is 13.6. The molecule has 0 aliphatic rings. The number of halogens is 2. The Kier molecular flexibility index (Phi) is 6.20. The van der Waals surface area contributed by atoms with Crippen molar-refractivity contribution < 1.29 is 18.3 Å². The third-order valence-electron chi connectivity index (χ3n) is 1.25. The molecular formula is C6H4Br2N2O6S. The van der Waals surface area contributed by atoms with Crippen LogP contribution in [0.1, 0.15) is 0 Å². The summed E-state index contributed by atoms with van der Waals surface area (Å²) >= 11 is 4.53. The van der Waals surface area contributed by atoms with E-state index in [0.717, 1.165) is 6.07 Å². The van der Waals surface area contributed by atoms with Crippen LogP contribution >= 0.6 is 29.6 Å². The highest BCUT2D eigenvalue weighted by molar-refractivity contribution is 9.79. The van der Waals surface area contributed by atoms with Crippen LogP contribution in [0.3, 0.4) is 0 Å². The minimum atomic E-state index is -3.04. The van der Waals surface area contributed by atoms with E-state index in [2.05, 4.69) is 29.6 Å². The summed E-state index contributed by atoms with van der Waals surface area (Å²) in [4.78, 5) is 19.0. The lowest BCUT2D eigenvalue weighted by Crippen LogP contribution is -1.91. The SMILES string of the molecule is O=S(=O)(Br)Br.O=[N+]([O-])c1cccc([N+](=O)[O-])c1. The molecule has 1 aromatic carbocycles. The molecule has 0 atom stereocenters. The monoisotopic (exact) mass is 390 g/mol. The van der Waals surface area contributed by atoms with Gasteiger partial charge in [-0.2, -0.15) is 0 Å². The van der Waals surface area contributed by atoms with Gasteiger partial charge in [0.05, 0.1) is 45.5 Å². The van der Waals surface area contributed by atoms with Crippen LogP contribution in [-0.4, -0.2) is 18.3 Å². The normalized spacial score (nSPS) is 10.0. The second-order valence-corrected chi connectivity index (χ2v) is 10.9. The minimum absolute atomic E-state index is 0.274. The summed E-state index contributed by atoms with van der Waals surface area (Å²) in [5, 5.41) is 20.3. The van der Waals surface area contributed by atoms with Gasteiger partial charge in [0, 0.05) is 12.1 Å². The molecule has 0 aliphatic carbocycles. The molecule has 0 heterocycles. The van der Waals surface area contributed by atoms with Gasteiger partial charge in [0.25, 0.3) is 18.1 Å². The maximum absolute atomic E-state index is 10.2. The topological polar surface area (TPSA) is 120 Å². The van der Waals surface area contributed by atoms with Gasteiger partial charge < -0.3 is 0 Å². The largest absolute Gasteiger partial charge is 0.276 e. The molecule has 11 heteroatoms. The molecule has 0 unspecified atom stereocenters. The number of benzene rings is 1. The molecule has 0 radical (unpaired) electrons. The first-order valence-corrected chi connectivity index (χ1v) is 8.81. The number of nitro benzene ring substituents is 2. The predicted octanol–water partition coefficient (Wildman–Crippen LogP) is 2.52. The number of nitrogens with zero attached hydrogens (tertiary/aromatic N) is 2. The molecule has 0 fully saturated rings. The van der Waals surface area contributed by atoms with E-state index in [4.69, 9.17) is 0 Å². The van der Waals surface area contributed by atoms with Gasteiger partial charge in [0.1, 0.15) is 0 Å². The van der Waals surface area contributed by atoms with E-state index in [0.29, 0.717) is 0 Å². The molecule has 0 amide bonds. The minimum Gasteiger partial charge on any atom is -0.258 e. The van der Waals surface area contributed by atoms with Crippen molar-refractivity contribution in [2.75, 3.05) is 0 Å². The van der Waals surface area contributed by atoms with Crippen LogP contribution in [0, 0.1) is 20.2 Å². The highest BCUT2D eigenvalue weighted by Crippen LogP contribution is 2.18. The predicted molar refractivity (Wildman–Crippen MR) is 66.5 cm³/mol. The average Bonchev–Trinajstić information content (AvgIpc) is 2.15. The van der Waals surface area contributed by atoms with E-state index < -0.39 is 16.6 Å². The third kappa shape index (κ3) is 8.71. The van der Waals surface area contributed by atoms with E-state index >= 15 is 0 Å². The van der Waals surface area contributed by atoms with Crippen molar-refractivity contribution in [3.63, 3.8) is 0 Å². The quantitative estimate of drug-likeness (QED) is 0.433.